The first-order valence-electron chi connectivity index (χ1n) is 6.09. The molecule has 0 aromatic rings. The quantitative estimate of drug-likeness (QED) is 0.480. The second-order valence-corrected chi connectivity index (χ2v) is 6.30. The lowest BCUT2D eigenvalue weighted by Gasteiger charge is -2.29. The highest BCUT2D eigenvalue weighted by Crippen LogP contribution is 2.10. The number of hydrogen-bond donors (Lipinski definition) is 1. The van der Waals surface area contributed by atoms with E-state index in [4.69, 9.17) is 9.47 Å². The van der Waals surface area contributed by atoms with Gasteiger partial charge in [0, 0.05) is 19.3 Å². The highest BCUT2D eigenvalue weighted by molar-refractivity contribution is 6.39. The van der Waals surface area contributed by atoms with Crippen molar-refractivity contribution in [3.05, 3.63) is 0 Å². The Balaban J connectivity index is 3.84. The first-order chi connectivity index (χ1) is 7.08. The summed E-state index contributed by atoms with van der Waals surface area (Å²) in [5.41, 5.74) is -0.288. The Labute approximate surface area is 96.7 Å². The normalized spacial score (nSPS) is 15.0. The van der Waals surface area contributed by atoms with Crippen molar-refractivity contribution in [1.29, 1.82) is 0 Å². The van der Waals surface area contributed by atoms with Gasteiger partial charge in [0.2, 0.25) is 0 Å². The molecular weight excluding hydrogens is 206 g/mol. The third kappa shape index (κ3) is 7.06. The fraction of sp³-hybridized carbons (Fsp3) is 1.00. The number of rotatable bonds is 9. The van der Waals surface area contributed by atoms with E-state index in [1.807, 2.05) is 13.8 Å². The Morgan fingerprint density at radius 3 is 2.13 bits per heavy atom. The molecule has 0 aliphatic heterocycles. The van der Waals surface area contributed by atoms with E-state index in [9.17, 15) is 0 Å². The van der Waals surface area contributed by atoms with Gasteiger partial charge in [-0.15, -0.1) is 0 Å². The first-order valence-corrected chi connectivity index (χ1v) is 7.80. The van der Waals surface area contributed by atoms with E-state index < -0.39 is 9.52 Å². The molecule has 0 aliphatic rings. The summed E-state index contributed by atoms with van der Waals surface area (Å²) in [5.74, 6) is 0. The summed E-state index contributed by atoms with van der Waals surface area (Å²) in [6.07, 6.45) is 2.25. The standard InChI is InChI=1S/C11H27NO2Si/c1-6-10(4)12-9-15-11(5,13-7-2)14-8-3/h10,12H,6-9,15H2,1-5H3. The molecule has 0 radical (unpaired) electrons. The van der Waals surface area contributed by atoms with Gasteiger partial charge < -0.3 is 14.8 Å². The summed E-state index contributed by atoms with van der Waals surface area (Å²) in [6.45, 7) is 12.0. The van der Waals surface area contributed by atoms with Gasteiger partial charge in [-0.2, -0.15) is 0 Å². The average Bonchev–Trinajstić information content (AvgIpc) is 2.18. The zero-order valence-corrected chi connectivity index (χ0v) is 12.3. The van der Waals surface area contributed by atoms with Gasteiger partial charge in [-0.1, -0.05) is 6.92 Å². The second kappa shape index (κ2) is 8.27. The topological polar surface area (TPSA) is 30.5 Å². The Hall–Kier alpha value is 0.0969. The van der Waals surface area contributed by atoms with Crippen LogP contribution >= 0.6 is 0 Å². The zero-order chi connectivity index (χ0) is 11.7. The van der Waals surface area contributed by atoms with Gasteiger partial charge in [-0.25, -0.2) is 0 Å². The molecule has 0 fully saturated rings. The van der Waals surface area contributed by atoms with Gasteiger partial charge >= 0.3 is 0 Å². The van der Waals surface area contributed by atoms with Gasteiger partial charge in [-0.05, 0) is 40.3 Å². The van der Waals surface area contributed by atoms with E-state index in [0.29, 0.717) is 6.04 Å². The second-order valence-electron chi connectivity index (χ2n) is 4.01. The van der Waals surface area contributed by atoms with Crippen molar-refractivity contribution in [2.45, 2.75) is 52.5 Å². The molecule has 0 rings (SSSR count). The monoisotopic (exact) mass is 233 g/mol. The summed E-state index contributed by atoms with van der Waals surface area (Å²) < 4.78 is 11.4. The Morgan fingerprint density at radius 2 is 1.73 bits per heavy atom. The molecule has 0 bridgehead atoms. The molecule has 0 saturated carbocycles. The minimum atomic E-state index is -0.401. The first kappa shape index (κ1) is 15.1. The molecule has 0 amide bonds. The average molecular weight is 233 g/mol. The van der Waals surface area contributed by atoms with Crippen LogP contribution in [0, 0.1) is 0 Å². The minimum absolute atomic E-state index is 0.288. The highest BCUT2D eigenvalue weighted by Gasteiger charge is 2.24. The molecule has 0 saturated heterocycles. The maximum Gasteiger partial charge on any atom is 0.143 e. The van der Waals surface area contributed by atoms with Crippen LogP contribution in [-0.2, 0) is 9.47 Å². The molecule has 15 heavy (non-hydrogen) atoms. The molecule has 3 nitrogen and oxygen atoms in total. The van der Waals surface area contributed by atoms with Crippen molar-refractivity contribution >= 4 is 9.52 Å². The smallest absolute Gasteiger partial charge is 0.143 e. The molecule has 0 spiro atoms. The van der Waals surface area contributed by atoms with E-state index in [-0.39, 0.29) is 5.41 Å². The predicted octanol–water partition coefficient (Wildman–Crippen LogP) is 1.25. The summed E-state index contributed by atoms with van der Waals surface area (Å²) in [7, 11) is -0.401. The number of ether oxygens (including phenoxy) is 2. The van der Waals surface area contributed by atoms with Gasteiger partial charge in [0.25, 0.3) is 0 Å². The van der Waals surface area contributed by atoms with Crippen LogP contribution in [-0.4, -0.2) is 40.4 Å². The molecule has 4 heteroatoms. The maximum atomic E-state index is 5.68. The lowest BCUT2D eigenvalue weighted by molar-refractivity contribution is -0.163. The van der Waals surface area contributed by atoms with E-state index in [1.165, 1.54) is 6.42 Å². The Bertz CT molecular complexity index is 150. The van der Waals surface area contributed by atoms with Crippen molar-refractivity contribution in [2.75, 3.05) is 19.4 Å². The SMILES string of the molecule is CCOC(C)(OCC)[SiH2]CNC(C)CC. The zero-order valence-electron chi connectivity index (χ0n) is 10.9. The van der Waals surface area contributed by atoms with E-state index >= 15 is 0 Å². The molecule has 1 unspecified atom stereocenters. The number of hydrogen-bond acceptors (Lipinski definition) is 3. The van der Waals surface area contributed by atoms with Crippen molar-refractivity contribution in [3.8, 4) is 0 Å². The largest absolute Gasteiger partial charge is 0.355 e. The van der Waals surface area contributed by atoms with Crippen LogP contribution in [0.1, 0.15) is 41.0 Å². The van der Waals surface area contributed by atoms with E-state index in [0.717, 1.165) is 19.4 Å². The van der Waals surface area contributed by atoms with Gasteiger partial charge in [-0.3, -0.25) is 0 Å². The van der Waals surface area contributed by atoms with Crippen molar-refractivity contribution < 1.29 is 9.47 Å². The molecule has 0 aliphatic carbocycles. The van der Waals surface area contributed by atoms with Crippen LogP contribution in [0.2, 0.25) is 0 Å². The third-order valence-electron chi connectivity index (χ3n) is 2.58. The van der Waals surface area contributed by atoms with Crippen molar-refractivity contribution in [2.24, 2.45) is 0 Å². The Kier molecular flexibility index (Phi) is 8.33. The summed E-state index contributed by atoms with van der Waals surface area (Å²) in [6, 6.07) is 0.602. The van der Waals surface area contributed by atoms with Gasteiger partial charge in [0.15, 0.2) is 0 Å². The minimum Gasteiger partial charge on any atom is -0.355 e. The summed E-state index contributed by atoms with van der Waals surface area (Å²) in [5, 5.41) is 3.51. The van der Waals surface area contributed by atoms with Crippen LogP contribution in [0.3, 0.4) is 0 Å². The van der Waals surface area contributed by atoms with Crippen LogP contribution in [0.5, 0.6) is 0 Å². The van der Waals surface area contributed by atoms with E-state index in [1.54, 1.807) is 0 Å². The predicted molar refractivity (Wildman–Crippen MR) is 68.0 cm³/mol. The van der Waals surface area contributed by atoms with Crippen molar-refractivity contribution in [3.63, 3.8) is 0 Å². The van der Waals surface area contributed by atoms with Gasteiger partial charge in [0.1, 0.15) is 14.9 Å². The Morgan fingerprint density at radius 1 is 1.20 bits per heavy atom. The van der Waals surface area contributed by atoms with Crippen LogP contribution in [0.15, 0.2) is 0 Å². The molecule has 92 valence electrons. The molecule has 0 heterocycles. The summed E-state index contributed by atoms with van der Waals surface area (Å²) >= 11 is 0. The highest BCUT2D eigenvalue weighted by atomic mass is 28.2. The van der Waals surface area contributed by atoms with Crippen LogP contribution in [0.4, 0.5) is 0 Å². The lowest BCUT2D eigenvalue weighted by Crippen LogP contribution is -2.45. The fourth-order valence-electron chi connectivity index (χ4n) is 1.49. The lowest BCUT2D eigenvalue weighted by atomic mass is 10.3. The van der Waals surface area contributed by atoms with E-state index in [2.05, 4.69) is 26.1 Å². The van der Waals surface area contributed by atoms with Crippen molar-refractivity contribution in [1.82, 2.24) is 5.32 Å². The molecule has 0 aromatic carbocycles. The van der Waals surface area contributed by atoms with Gasteiger partial charge in [0.05, 0.1) is 0 Å². The molecule has 1 N–H and O–H groups in total. The van der Waals surface area contributed by atoms with Crippen LogP contribution in [0.25, 0.3) is 0 Å². The maximum absolute atomic E-state index is 5.68. The van der Waals surface area contributed by atoms with Crippen LogP contribution < -0.4 is 5.32 Å². The molecule has 0 aromatic heterocycles. The number of nitrogens with one attached hydrogen (secondary N) is 1. The summed E-state index contributed by atoms with van der Waals surface area (Å²) in [4.78, 5) is 0. The fourth-order valence-corrected chi connectivity index (χ4v) is 3.27. The molecule has 1 atom stereocenters. The third-order valence-corrected chi connectivity index (χ3v) is 4.44. The molecular formula is C11H27NO2Si.